The average molecular weight is 322 g/mol. The van der Waals surface area contributed by atoms with Crippen LogP contribution in [0.2, 0.25) is 0 Å². The summed E-state index contributed by atoms with van der Waals surface area (Å²) in [6.45, 7) is 0. The van der Waals surface area contributed by atoms with Crippen LogP contribution in [0.15, 0.2) is 65.9 Å². The van der Waals surface area contributed by atoms with Gasteiger partial charge in [0.25, 0.3) is 0 Å². The van der Waals surface area contributed by atoms with Crippen molar-refractivity contribution in [3.8, 4) is 5.75 Å². The Labute approximate surface area is 138 Å². The van der Waals surface area contributed by atoms with Crippen molar-refractivity contribution in [2.45, 2.75) is 0 Å². The van der Waals surface area contributed by atoms with Gasteiger partial charge in [-0.15, -0.1) is 0 Å². The third-order valence-corrected chi connectivity index (χ3v) is 3.36. The molecule has 0 amide bonds. The number of nitrogens with one attached hydrogen (secondary N) is 2. The molecule has 2 aromatic carbocycles. The van der Waals surface area contributed by atoms with Gasteiger partial charge in [-0.3, -0.25) is 5.43 Å². The molecule has 6 heteroatoms. The highest BCUT2D eigenvalue weighted by atomic mass is 32.1. The van der Waals surface area contributed by atoms with Crippen LogP contribution < -0.4 is 10.7 Å². The first kappa shape index (κ1) is 14.9. The molecule has 0 aliphatic heterocycles. The average Bonchev–Trinajstić information content (AvgIpc) is 2.56. The summed E-state index contributed by atoms with van der Waals surface area (Å²) >= 11 is 5.12. The predicted molar refractivity (Wildman–Crippen MR) is 96.8 cm³/mol. The summed E-state index contributed by atoms with van der Waals surface area (Å²) in [5.41, 5.74) is 3.30. The van der Waals surface area contributed by atoms with Crippen molar-refractivity contribution in [1.82, 2.24) is 10.4 Å². The van der Waals surface area contributed by atoms with Crippen LogP contribution in [-0.4, -0.2) is 21.4 Å². The molecule has 3 aromatic rings. The maximum absolute atomic E-state index is 10.0. The van der Waals surface area contributed by atoms with E-state index < -0.39 is 0 Å². The second kappa shape index (κ2) is 6.85. The molecule has 0 saturated carbocycles. The van der Waals surface area contributed by atoms with E-state index in [1.807, 2.05) is 42.5 Å². The highest BCUT2D eigenvalue weighted by molar-refractivity contribution is 7.80. The Bertz CT molecular complexity index is 865. The number of rotatable bonds is 3. The van der Waals surface area contributed by atoms with E-state index in [-0.39, 0.29) is 5.75 Å². The van der Waals surface area contributed by atoms with Crippen molar-refractivity contribution in [2.24, 2.45) is 5.10 Å². The van der Waals surface area contributed by atoms with Gasteiger partial charge in [0.15, 0.2) is 5.11 Å². The van der Waals surface area contributed by atoms with Gasteiger partial charge >= 0.3 is 0 Å². The number of anilines is 1. The molecule has 3 N–H and O–H groups in total. The monoisotopic (exact) mass is 322 g/mol. The van der Waals surface area contributed by atoms with Gasteiger partial charge < -0.3 is 10.4 Å². The third kappa shape index (κ3) is 3.81. The summed E-state index contributed by atoms with van der Waals surface area (Å²) in [5.74, 6) is 0.798. The fraction of sp³-hybridized carbons (Fsp3) is 0. The Morgan fingerprint density at radius 2 is 1.83 bits per heavy atom. The second-order valence-corrected chi connectivity index (χ2v) is 5.21. The Morgan fingerprint density at radius 1 is 1.09 bits per heavy atom. The molecule has 0 radical (unpaired) electrons. The first-order chi connectivity index (χ1) is 11.2. The van der Waals surface area contributed by atoms with Crippen LogP contribution in [0.3, 0.4) is 0 Å². The molecule has 0 saturated heterocycles. The van der Waals surface area contributed by atoms with Crippen molar-refractivity contribution in [3.05, 3.63) is 66.4 Å². The van der Waals surface area contributed by atoms with Gasteiger partial charge in [-0.2, -0.15) is 5.10 Å². The molecule has 0 aliphatic carbocycles. The predicted octanol–water partition coefficient (Wildman–Crippen LogP) is 3.26. The maximum Gasteiger partial charge on any atom is 0.192 e. The number of hydrogen-bond donors (Lipinski definition) is 3. The van der Waals surface area contributed by atoms with Crippen LogP contribution in [0.1, 0.15) is 5.56 Å². The SMILES string of the molecule is Oc1cc2ccccc2cc1/C=N/NC(=S)Nc1ccccn1. The number of hydrazone groups is 1. The molecule has 0 aliphatic rings. The van der Waals surface area contributed by atoms with Crippen LogP contribution in [0.5, 0.6) is 5.75 Å². The van der Waals surface area contributed by atoms with Gasteiger partial charge in [-0.05, 0) is 47.3 Å². The third-order valence-electron chi connectivity index (χ3n) is 3.17. The lowest BCUT2D eigenvalue weighted by atomic mass is 10.1. The minimum atomic E-state index is 0.165. The van der Waals surface area contributed by atoms with Crippen LogP contribution in [0, 0.1) is 0 Å². The van der Waals surface area contributed by atoms with Gasteiger partial charge in [0.05, 0.1) is 6.21 Å². The smallest absolute Gasteiger partial charge is 0.192 e. The summed E-state index contributed by atoms with van der Waals surface area (Å²) in [6.07, 6.45) is 3.19. The molecule has 3 rings (SSSR count). The number of benzene rings is 2. The zero-order chi connectivity index (χ0) is 16.1. The summed E-state index contributed by atoms with van der Waals surface area (Å²) in [5, 5.41) is 19.3. The van der Waals surface area contributed by atoms with Crippen LogP contribution in [0.4, 0.5) is 5.82 Å². The van der Waals surface area contributed by atoms with E-state index in [1.165, 1.54) is 6.21 Å². The molecule has 23 heavy (non-hydrogen) atoms. The molecular formula is C17H14N4OS. The number of aromatic hydroxyl groups is 1. The summed E-state index contributed by atoms with van der Waals surface area (Å²) in [4.78, 5) is 4.10. The van der Waals surface area contributed by atoms with Crippen molar-refractivity contribution in [2.75, 3.05) is 5.32 Å². The maximum atomic E-state index is 10.0. The Hall–Kier alpha value is -2.99. The number of thiocarbonyl (C=S) groups is 1. The minimum Gasteiger partial charge on any atom is -0.507 e. The standard InChI is InChI=1S/C17H14N4OS/c22-15-10-13-6-2-1-5-12(13)9-14(15)11-19-21-17(23)20-16-7-3-4-8-18-16/h1-11,22H,(H2,18,20,21,23)/b19-11+. The molecule has 0 unspecified atom stereocenters. The normalized spacial score (nSPS) is 10.8. The van der Waals surface area contributed by atoms with E-state index >= 15 is 0 Å². The Morgan fingerprint density at radius 3 is 2.57 bits per heavy atom. The summed E-state index contributed by atoms with van der Waals surface area (Å²) < 4.78 is 0. The quantitative estimate of drug-likeness (QED) is 0.392. The van der Waals surface area contributed by atoms with Gasteiger partial charge in [0.1, 0.15) is 11.6 Å². The largest absolute Gasteiger partial charge is 0.507 e. The van der Waals surface area contributed by atoms with Gasteiger partial charge in [-0.1, -0.05) is 30.3 Å². The lowest BCUT2D eigenvalue weighted by molar-refractivity contribution is 0.475. The van der Waals surface area contributed by atoms with Gasteiger partial charge in [-0.25, -0.2) is 4.98 Å². The van der Waals surface area contributed by atoms with Gasteiger partial charge in [0.2, 0.25) is 0 Å². The molecule has 0 bridgehead atoms. The van der Waals surface area contributed by atoms with E-state index in [9.17, 15) is 5.11 Å². The molecule has 0 spiro atoms. The van der Waals surface area contributed by atoms with E-state index in [1.54, 1.807) is 18.3 Å². The van der Waals surface area contributed by atoms with Crippen molar-refractivity contribution in [1.29, 1.82) is 0 Å². The Kier molecular flexibility index (Phi) is 4.44. The summed E-state index contributed by atoms with van der Waals surface area (Å²) in [7, 11) is 0. The number of phenolic OH excluding ortho intramolecular Hbond substituents is 1. The molecule has 0 atom stereocenters. The molecule has 0 fully saturated rings. The zero-order valence-corrected chi connectivity index (χ0v) is 12.9. The number of nitrogens with zero attached hydrogens (tertiary/aromatic N) is 2. The van der Waals surface area contributed by atoms with E-state index in [0.29, 0.717) is 16.5 Å². The molecule has 1 aromatic heterocycles. The number of fused-ring (bicyclic) bond motifs is 1. The van der Waals surface area contributed by atoms with Crippen LogP contribution >= 0.6 is 12.2 Å². The number of phenols is 1. The first-order valence-electron chi connectivity index (χ1n) is 6.95. The van der Waals surface area contributed by atoms with Crippen LogP contribution in [0.25, 0.3) is 10.8 Å². The van der Waals surface area contributed by atoms with Crippen molar-refractivity contribution < 1.29 is 5.11 Å². The molecule has 5 nitrogen and oxygen atoms in total. The van der Waals surface area contributed by atoms with Gasteiger partial charge in [0, 0.05) is 11.8 Å². The topological polar surface area (TPSA) is 69.5 Å². The number of aromatic nitrogens is 1. The fourth-order valence-corrected chi connectivity index (χ4v) is 2.25. The first-order valence-corrected chi connectivity index (χ1v) is 7.36. The lowest BCUT2D eigenvalue weighted by Gasteiger charge is -2.06. The number of hydrogen-bond acceptors (Lipinski definition) is 4. The molecular weight excluding hydrogens is 308 g/mol. The fourth-order valence-electron chi connectivity index (χ4n) is 2.09. The highest BCUT2D eigenvalue weighted by Gasteiger charge is 2.02. The molecule has 114 valence electrons. The zero-order valence-electron chi connectivity index (χ0n) is 12.1. The van der Waals surface area contributed by atoms with E-state index in [0.717, 1.165) is 10.8 Å². The van der Waals surface area contributed by atoms with E-state index in [4.69, 9.17) is 12.2 Å². The van der Waals surface area contributed by atoms with Crippen LogP contribution in [-0.2, 0) is 0 Å². The Balaban J connectivity index is 1.68. The van der Waals surface area contributed by atoms with Crippen molar-refractivity contribution in [3.63, 3.8) is 0 Å². The summed E-state index contributed by atoms with van der Waals surface area (Å²) in [6, 6.07) is 16.9. The highest BCUT2D eigenvalue weighted by Crippen LogP contribution is 2.23. The van der Waals surface area contributed by atoms with Crippen molar-refractivity contribution >= 4 is 40.1 Å². The minimum absolute atomic E-state index is 0.165. The van der Waals surface area contributed by atoms with E-state index in [2.05, 4.69) is 20.8 Å². The lowest BCUT2D eigenvalue weighted by Crippen LogP contribution is -2.24. The molecule has 1 heterocycles. The number of pyridine rings is 1. The second-order valence-electron chi connectivity index (χ2n) is 4.80.